The number of likely N-dealkylation sites (N-methyl/N-ethyl adjacent to an activating group) is 1. The fourth-order valence-corrected chi connectivity index (χ4v) is 5.67. The van der Waals surface area contributed by atoms with Crippen LogP contribution in [0.1, 0.15) is 23.5 Å². The van der Waals surface area contributed by atoms with Crippen molar-refractivity contribution in [3.8, 4) is 0 Å². The third-order valence-corrected chi connectivity index (χ3v) is 6.91. The molecule has 0 saturated carbocycles. The van der Waals surface area contributed by atoms with Crippen LogP contribution in [0.4, 0.5) is 5.69 Å². The van der Waals surface area contributed by atoms with Gasteiger partial charge in [-0.25, -0.2) is 8.42 Å². The van der Waals surface area contributed by atoms with Gasteiger partial charge in [0.25, 0.3) is 10.0 Å². The van der Waals surface area contributed by atoms with E-state index in [1.54, 1.807) is 22.6 Å². The van der Waals surface area contributed by atoms with Crippen molar-refractivity contribution in [2.45, 2.75) is 30.2 Å². The zero-order valence-corrected chi connectivity index (χ0v) is 14.7. The first-order chi connectivity index (χ1) is 11.5. The summed E-state index contributed by atoms with van der Waals surface area (Å²) in [5.74, 6) is 0.227. The molecule has 3 heterocycles. The third kappa shape index (κ3) is 2.32. The van der Waals surface area contributed by atoms with E-state index in [-0.39, 0.29) is 16.9 Å². The van der Waals surface area contributed by atoms with Gasteiger partial charge in [-0.05, 0) is 50.7 Å². The molecule has 1 fully saturated rings. The van der Waals surface area contributed by atoms with E-state index >= 15 is 0 Å². The number of piperidine rings is 1. The van der Waals surface area contributed by atoms with E-state index in [4.69, 9.17) is 0 Å². The number of fused-ring (bicyclic) bond motifs is 3. The second kappa shape index (κ2) is 5.57. The van der Waals surface area contributed by atoms with E-state index < -0.39 is 10.0 Å². The average Bonchev–Trinajstić information content (AvgIpc) is 2.89. The highest BCUT2D eigenvalue weighted by Crippen LogP contribution is 2.47. The molecule has 2 aliphatic heterocycles. The SMILES string of the molecule is Cc1ccc2c(c1)[C@@H]1CN(C)CC[C@H]1N2S(=O)(=O)c1cccnc1. The van der Waals surface area contributed by atoms with Crippen LogP contribution in [-0.2, 0) is 10.0 Å². The Balaban J connectivity index is 1.87. The normalized spacial score (nSPS) is 23.8. The third-order valence-electron chi connectivity index (χ3n) is 5.09. The van der Waals surface area contributed by atoms with Gasteiger partial charge in [0, 0.05) is 24.9 Å². The molecule has 1 aromatic heterocycles. The van der Waals surface area contributed by atoms with Crippen LogP contribution in [0.25, 0.3) is 0 Å². The number of sulfonamides is 1. The highest BCUT2D eigenvalue weighted by Gasteiger charge is 2.46. The van der Waals surface area contributed by atoms with E-state index in [2.05, 4.69) is 29.9 Å². The second-order valence-electron chi connectivity index (χ2n) is 6.78. The van der Waals surface area contributed by atoms with Gasteiger partial charge >= 0.3 is 0 Å². The molecule has 2 aliphatic rings. The van der Waals surface area contributed by atoms with Gasteiger partial charge in [-0.3, -0.25) is 9.29 Å². The van der Waals surface area contributed by atoms with Crippen LogP contribution in [0.2, 0.25) is 0 Å². The number of nitrogens with zero attached hydrogens (tertiary/aromatic N) is 3. The monoisotopic (exact) mass is 343 g/mol. The second-order valence-corrected chi connectivity index (χ2v) is 8.59. The van der Waals surface area contributed by atoms with Gasteiger partial charge in [-0.15, -0.1) is 0 Å². The predicted octanol–water partition coefficient (Wildman–Crippen LogP) is 2.39. The summed E-state index contributed by atoms with van der Waals surface area (Å²) in [6, 6.07) is 9.38. The fraction of sp³-hybridized carbons (Fsp3) is 0.389. The Morgan fingerprint density at radius 2 is 2.08 bits per heavy atom. The van der Waals surface area contributed by atoms with Gasteiger partial charge < -0.3 is 4.90 Å². The van der Waals surface area contributed by atoms with Crippen LogP contribution in [-0.4, -0.2) is 44.5 Å². The minimum absolute atomic E-state index is 0.0109. The molecule has 5 nitrogen and oxygen atoms in total. The molecule has 24 heavy (non-hydrogen) atoms. The molecule has 0 spiro atoms. The lowest BCUT2D eigenvalue weighted by atomic mass is 9.89. The van der Waals surface area contributed by atoms with Crippen molar-refractivity contribution in [1.82, 2.24) is 9.88 Å². The maximum absolute atomic E-state index is 13.3. The predicted molar refractivity (Wildman–Crippen MR) is 93.7 cm³/mol. The number of anilines is 1. The number of hydrogen-bond acceptors (Lipinski definition) is 4. The van der Waals surface area contributed by atoms with Crippen LogP contribution in [0.3, 0.4) is 0 Å². The number of benzene rings is 1. The molecular formula is C18H21N3O2S. The van der Waals surface area contributed by atoms with Crippen LogP contribution in [0.5, 0.6) is 0 Å². The molecule has 1 saturated heterocycles. The van der Waals surface area contributed by atoms with Crippen molar-refractivity contribution in [2.24, 2.45) is 0 Å². The molecule has 2 aromatic rings. The van der Waals surface area contributed by atoms with E-state index in [0.717, 1.165) is 30.8 Å². The Hall–Kier alpha value is -1.92. The summed E-state index contributed by atoms with van der Waals surface area (Å²) in [5.41, 5.74) is 3.15. The molecule has 126 valence electrons. The molecule has 0 bridgehead atoms. The molecular weight excluding hydrogens is 322 g/mol. The van der Waals surface area contributed by atoms with Gasteiger partial charge in [0.05, 0.1) is 11.7 Å². The minimum Gasteiger partial charge on any atom is -0.306 e. The van der Waals surface area contributed by atoms with Gasteiger partial charge in [0.1, 0.15) is 4.90 Å². The highest BCUT2D eigenvalue weighted by atomic mass is 32.2. The molecule has 2 atom stereocenters. The summed E-state index contributed by atoms with van der Waals surface area (Å²) in [6.45, 7) is 3.85. The van der Waals surface area contributed by atoms with Crippen molar-refractivity contribution in [3.05, 3.63) is 53.9 Å². The summed E-state index contributed by atoms with van der Waals surface area (Å²) < 4.78 is 28.2. The molecule has 4 rings (SSSR count). The number of likely N-dealkylation sites (tertiary alicyclic amines) is 1. The van der Waals surface area contributed by atoms with E-state index in [1.165, 1.54) is 11.8 Å². The van der Waals surface area contributed by atoms with Gasteiger partial charge in [0.2, 0.25) is 0 Å². The zero-order valence-electron chi connectivity index (χ0n) is 13.9. The van der Waals surface area contributed by atoms with Crippen molar-refractivity contribution in [3.63, 3.8) is 0 Å². The van der Waals surface area contributed by atoms with Gasteiger partial charge in [-0.1, -0.05) is 17.7 Å². The van der Waals surface area contributed by atoms with Crippen molar-refractivity contribution in [1.29, 1.82) is 0 Å². The van der Waals surface area contributed by atoms with Crippen LogP contribution in [0.15, 0.2) is 47.6 Å². The maximum atomic E-state index is 13.3. The van der Waals surface area contributed by atoms with E-state index in [0.29, 0.717) is 0 Å². The minimum atomic E-state index is -3.60. The largest absolute Gasteiger partial charge is 0.306 e. The number of rotatable bonds is 2. The molecule has 0 aliphatic carbocycles. The van der Waals surface area contributed by atoms with Crippen molar-refractivity contribution in [2.75, 3.05) is 24.4 Å². The Kier molecular flexibility index (Phi) is 3.62. The Labute approximate surface area is 143 Å². The first-order valence-corrected chi connectivity index (χ1v) is 9.66. The topological polar surface area (TPSA) is 53.5 Å². The Morgan fingerprint density at radius 1 is 1.25 bits per heavy atom. The molecule has 0 amide bonds. The smallest absolute Gasteiger partial charge is 0.266 e. The molecule has 0 radical (unpaired) electrons. The standard InChI is InChI=1S/C18H21N3O2S/c1-13-5-6-17-15(10-13)16-12-20(2)9-7-18(16)21(17)24(22,23)14-4-3-8-19-11-14/h3-6,8,10-11,16,18H,7,9,12H2,1-2H3/t16-,18+/m0/s1. The number of pyridine rings is 1. The molecule has 0 unspecified atom stereocenters. The summed E-state index contributed by atoms with van der Waals surface area (Å²) in [5, 5.41) is 0. The lowest BCUT2D eigenvalue weighted by Crippen LogP contribution is -2.47. The Bertz CT molecular complexity index is 867. The summed E-state index contributed by atoms with van der Waals surface area (Å²) in [7, 11) is -1.50. The van der Waals surface area contributed by atoms with Gasteiger partial charge in [-0.2, -0.15) is 0 Å². The Morgan fingerprint density at radius 3 is 2.83 bits per heavy atom. The molecule has 0 N–H and O–H groups in total. The molecule has 1 aromatic carbocycles. The lowest BCUT2D eigenvalue weighted by Gasteiger charge is -2.36. The summed E-state index contributed by atoms with van der Waals surface area (Å²) in [6.07, 6.45) is 3.87. The van der Waals surface area contributed by atoms with Crippen molar-refractivity contribution < 1.29 is 8.42 Å². The van der Waals surface area contributed by atoms with Crippen LogP contribution >= 0.6 is 0 Å². The van der Waals surface area contributed by atoms with Crippen LogP contribution < -0.4 is 4.31 Å². The van der Waals surface area contributed by atoms with E-state index in [9.17, 15) is 8.42 Å². The van der Waals surface area contributed by atoms with Gasteiger partial charge in [0.15, 0.2) is 0 Å². The highest BCUT2D eigenvalue weighted by molar-refractivity contribution is 7.92. The fourth-order valence-electron chi connectivity index (χ4n) is 3.96. The zero-order chi connectivity index (χ0) is 16.9. The van der Waals surface area contributed by atoms with Crippen molar-refractivity contribution >= 4 is 15.7 Å². The quantitative estimate of drug-likeness (QED) is 0.840. The van der Waals surface area contributed by atoms with Crippen LogP contribution in [0, 0.1) is 6.92 Å². The summed E-state index contributed by atoms with van der Waals surface area (Å²) >= 11 is 0. The first-order valence-electron chi connectivity index (χ1n) is 8.22. The average molecular weight is 343 g/mol. The number of aryl methyl sites for hydroxylation is 1. The van der Waals surface area contributed by atoms with E-state index in [1.807, 2.05) is 12.1 Å². The number of hydrogen-bond donors (Lipinski definition) is 0. The summed E-state index contributed by atoms with van der Waals surface area (Å²) in [4.78, 5) is 6.54. The first kappa shape index (κ1) is 15.6. The lowest BCUT2D eigenvalue weighted by molar-refractivity contribution is 0.237. The maximum Gasteiger partial charge on any atom is 0.266 e. The number of aromatic nitrogens is 1. The molecule has 6 heteroatoms.